The van der Waals surface area contributed by atoms with Crippen molar-refractivity contribution in [3.8, 4) is 0 Å². The average molecular weight is 393 g/mol. The van der Waals surface area contributed by atoms with Crippen molar-refractivity contribution in [3.63, 3.8) is 0 Å². The van der Waals surface area contributed by atoms with Gasteiger partial charge in [0, 0.05) is 10.6 Å². The van der Waals surface area contributed by atoms with Crippen LogP contribution in [0.15, 0.2) is 51.4 Å². The minimum atomic E-state index is -3.86. The van der Waals surface area contributed by atoms with Gasteiger partial charge in [-0.25, -0.2) is 17.9 Å². The Hall–Kier alpha value is -1.86. The molecule has 0 aromatic carbocycles. The molecule has 1 saturated carbocycles. The summed E-state index contributed by atoms with van der Waals surface area (Å²) in [4.78, 5) is 13.3. The monoisotopic (exact) mass is 392 g/mol. The Balaban J connectivity index is 1.82. The van der Waals surface area contributed by atoms with E-state index in [9.17, 15) is 13.2 Å². The van der Waals surface area contributed by atoms with Crippen molar-refractivity contribution in [2.24, 2.45) is 0 Å². The molecule has 1 fully saturated rings. The lowest BCUT2D eigenvalue weighted by Gasteiger charge is -2.16. The van der Waals surface area contributed by atoms with Crippen LogP contribution in [0.3, 0.4) is 0 Å². The lowest BCUT2D eigenvalue weighted by Crippen LogP contribution is -2.39. The molecule has 0 bridgehead atoms. The predicted octanol–water partition coefficient (Wildman–Crippen LogP) is 4.54. The first-order chi connectivity index (χ1) is 12.4. The number of amides is 2. The highest BCUT2D eigenvalue weighted by atomic mass is 32.2. The van der Waals surface area contributed by atoms with Gasteiger partial charge in [-0.3, -0.25) is 0 Å². The predicted molar refractivity (Wildman–Crippen MR) is 104 cm³/mol. The van der Waals surface area contributed by atoms with Crippen molar-refractivity contribution >= 4 is 27.4 Å². The van der Waals surface area contributed by atoms with E-state index < -0.39 is 16.1 Å². The molecule has 1 aromatic heterocycles. The van der Waals surface area contributed by atoms with Gasteiger partial charge in [-0.15, -0.1) is 11.3 Å². The summed E-state index contributed by atoms with van der Waals surface area (Å²) in [6.07, 6.45) is 9.14. The zero-order chi connectivity index (χ0) is 18.7. The fourth-order valence-corrected chi connectivity index (χ4v) is 5.60. The van der Waals surface area contributed by atoms with Crippen molar-refractivity contribution < 1.29 is 13.2 Å². The van der Waals surface area contributed by atoms with Crippen LogP contribution in [0.1, 0.15) is 49.8 Å². The maximum absolute atomic E-state index is 12.4. The van der Waals surface area contributed by atoms with E-state index in [2.05, 4.69) is 22.7 Å². The van der Waals surface area contributed by atoms with E-state index in [-0.39, 0.29) is 4.21 Å². The summed E-state index contributed by atoms with van der Waals surface area (Å²) in [5.41, 5.74) is 3.94. The van der Waals surface area contributed by atoms with Gasteiger partial charge in [0.25, 0.3) is 10.0 Å². The molecule has 0 atom stereocenters. The molecule has 0 unspecified atom stereocenters. The second kappa shape index (κ2) is 7.80. The minimum absolute atomic E-state index is 0.137. The molecule has 1 heterocycles. The molecule has 0 saturated heterocycles. The Labute approximate surface area is 158 Å². The van der Waals surface area contributed by atoms with Gasteiger partial charge in [0.1, 0.15) is 4.21 Å². The highest BCUT2D eigenvalue weighted by Gasteiger charge is 2.24. The topological polar surface area (TPSA) is 75.3 Å². The average Bonchev–Trinajstić information content (AvgIpc) is 3.20. The first kappa shape index (κ1) is 18.9. The first-order valence-corrected chi connectivity index (χ1v) is 11.2. The summed E-state index contributed by atoms with van der Waals surface area (Å²) < 4.78 is 27.0. The van der Waals surface area contributed by atoms with Gasteiger partial charge in [0.2, 0.25) is 0 Å². The molecule has 2 aliphatic carbocycles. The number of allylic oxidation sites excluding steroid dienone is 4. The Morgan fingerprint density at radius 1 is 1.15 bits per heavy atom. The lowest BCUT2D eigenvalue weighted by molar-refractivity contribution is 0.248. The number of carbonyl (C=O) groups excluding carboxylic acids is 1. The van der Waals surface area contributed by atoms with Crippen LogP contribution in [0.25, 0.3) is 0 Å². The molecule has 2 amide bonds. The van der Waals surface area contributed by atoms with E-state index in [1.165, 1.54) is 11.6 Å². The van der Waals surface area contributed by atoms with Gasteiger partial charge in [0.05, 0.1) is 0 Å². The SMILES string of the molecule is C=C1CCCC/C=C2/CCCC2=C1NC(=O)NS(=O)(=O)c1ccc(C)s1. The number of thiophene rings is 1. The highest BCUT2D eigenvalue weighted by Crippen LogP contribution is 2.36. The van der Waals surface area contributed by atoms with Crippen LogP contribution in [0, 0.1) is 6.92 Å². The first-order valence-electron chi connectivity index (χ1n) is 8.88. The van der Waals surface area contributed by atoms with Gasteiger partial charge in [0.15, 0.2) is 0 Å². The fourth-order valence-electron chi connectivity index (χ4n) is 3.41. The smallest absolute Gasteiger partial charge is 0.307 e. The third-order valence-corrected chi connectivity index (χ3v) is 7.51. The third-order valence-electron chi connectivity index (χ3n) is 4.69. The van der Waals surface area contributed by atoms with Crippen molar-refractivity contribution in [2.75, 3.05) is 0 Å². The molecule has 140 valence electrons. The lowest BCUT2D eigenvalue weighted by atomic mass is 10.0. The van der Waals surface area contributed by atoms with Crippen LogP contribution in [-0.4, -0.2) is 14.4 Å². The summed E-state index contributed by atoms with van der Waals surface area (Å²) in [6.45, 7) is 5.96. The zero-order valence-electron chi connectivity index (χ0n) is 14.9. The van der Waals surface area contributed by atoms with Crippen molar-refractivity contribution in [1.29, 1.82) is 0 Å². The van der Waals surface area contributed by atoms with E-state index >= 15 is 0 Å². The van der Waals surface area contributed by atoms with Gasteiger partial charge in [-0.1, -0.05) is 12.7 Å². The molecule has 2 aliphatic rings. The van der Waals surface area contributed by atoms with Crippen LogP contribution in [0.5, 0.6) is 0 Å². The molecule has 0 radical (unpaired) electrons. The molecular weight excluding hydrogens is 368 g/mol. The number of nitrogens with one attached hydrogen (secondary N) is 2. The van der Waals surface area contributed by atoms with Crippen LogP contribution >= 0.6 is 11.3 Å². The second-order valence-electron chi connectivity index (χ2n) is 6.71. The molecule has 0 aliphatic heterocycles. The third kappa shape index (κ3) is 4.27. The minimum Gasteiger partial charge on any atom is -0.307 e. The number of hydrogen-bond donors (Lipinski definition) is 2. The van der Waals surface area contributed by atoms with Gasteiger partial charge in [-0.05, 0) is 80.7 Å². The molecule has 2 N–H and O–H groups in total. The molecular formula is C19H24N2O3S2. The van der Waals surface area contributed by atoms with E-state index in [1.807, 2.05) is 6.92 Å². The summed E-state index contributed by atoms with van der Waals surface area (Å²) >= 11 is 1.14. The van der Waals surface area contributed by atoms with Crippen LogP contribution in [-0.2, 0) is 10.0 Å². The van der Waals surface area contributed by atoms with Crippen molar-refractivity contribution in [2.45, 2.75) is 56.1 Å². The normalized spacial score (nSPS) is 20.5. The number of rotatable bonds is 3. The number of fused-ring (bicyclic) bond motifs is 1. The van der Waals surface area contributed by atoms with Crippen molar-refractivity contribution in [1.82, 2.24) is 10.0 Å². The Morgan fingerprint density at radius 2 is 1.96 bits per heavy atom. The largest absolute Gasteiger partial charge is 0.333 e. The highest BCUT2D eigenvalue weighted by molar-refractivity contribution is 7.92. The maximum atomic E-state index is 12.4. The summed E-state index contributed by atoms with van der Waals surface area (Å²) in [6, 6.07) is 2.50. The molecule has 1 aromatic rings. The molecule has 26 heavy (non-hydrogen) atoms. The quantitative estimate of drug-likeness (QED) is 0.793. The molecule has 3 rings (SSSR count). The van der Waals surface area contributed by atoms with Crippen LogP contribution in [0.4, 0.5) is 4.79 Å². The fraction of sp³-hybridized carbons (Fsp3) is 0.421. The Kier molecular flexibility index (Phi) is 5.67. The Morgan fingerprint density at radius 3 is 2.69 bits per heavy atom. The number of urea groups is 1. The van der Waals surface area contributed by atoms with E-state index in [1.54, 1.807) is 6.07 Å². The zero-order valence-corrected chi connectivity index (χ0v) is 16.6. The van der Waals surface area contributed by atoms with Crippen LogP contribution < -0.4 is 10.0 Å². The summed E-state index contributed by atoms with van der Waals surface area (Å²) in [5.74, 6) is 0. The summed E-state index contributed by atoms with van der Waals surface area (Å²) in [7, 11) is -3.86. The van der Waals surface area contributed by atoms with Crippen molar-refractivity contribution in [3.05, 3.63) is 52.1 Å². The van der Waals surface area contributed by atoms with E-state index in [4.69, 9.17) is 0 Å². The van der Waals surface area contributed by atoms with Crippen LogP contribution in [0.2, 0.25) is 0 Å². The number of sulfonamides is 1. The second-order valence-corrected chi connectivity index (χ2v) is 9.91. The maximum Gasteiger partial charge on any atom is 0.333 e. The standard InChI is InChI=1S/C19H24N2O3S2/c1-13-7-4-3-5-8-15-9-6-10-16(15)18(13)20-19(22)21-26(23,24)17-12-11-14(2)25-17/h8,11-12H,1,3-7,9-10H2,2H3,(H2,20,21,22)/b15-8-,18-16?. The molecule has 7 heteroatoms. The van der Waals surface area contributed by atoms with Gasteiger partial charge in [-0.2, -0.15) is 0 Å². The number of carbonyl (C=O) groups is 1. The Bertz CT molecular complexity index is 892. The number of aryl methyl sites for hydroxylation is 1. The molecule has 5 nitrogen and oxygen atoms in total. The van der Waals surface area contributed by atoms with E-state index in [0.29, 0.717) is 5.70 Å². The summed E-state index contributed by atoms with van der Waals surface area (Å²) in [5, 5.41) is 2.78. The number of hydrogen-bond acceptors (Lipinski definition) is 4. The van der Waals surface area contributed by atoms with Gasteiger partial charge < -0.3 is 5.32 Å². The van der Waals surface area contributed by atoms with Gasteiger partial charge >= 0.3 is 6.03 Å². The molecule has 0 spiro atoms. The van der Waals surface area contributed by atoms with E-state index in [0.717, 1.165) is 72.3 Å².